The molecule has 32 heavy (non-hydrogen) atoms. The molecule has 6 rings (SSSR count). The summed E-state index contributed by atoms with van der Waals surface area (Å²) in [5.41, 5.74) is 5.01. The van der Waals surface area contributed by atoms with Crippen molar-refractivity contribution in [3.05, 3.63) is 144 Å². The summed E-state index contributed by atoms with van der Waals surface area (Å²) < 4.78 is 6.85. The van der Waals surface area contributed by atoms with E-state index < -0.39 is 5.60 Å². The van der Waals surface area contributed by atoms with Crippen molar-refractivity contribution < 1.29 is 4.74 Å². The van der Waals surface area contributed by atoms with Gasteiger partial charge in [0.1, 0.15) is 5.75 Å². The predicted molar refractivity (Wildman–Crippen MR) is 133 cm³/mol. The lowest BCUT2D eigenvalue weighted by Gasteiger charge is -2.36. The Hall–Kier alpha value is -4.10. The fourth-order valence-electron chi connectivity index (χ4n) is 4.57. The zero-order valence-corrected chi connectivity index (χ0v) is 17.6. The second-order valence-electron chi connectivity index (χ2n) is 8.22. The summed E-state index contributed by atoms with van der Waals surface area (Å²) in [6.07, 6.45) is 4.36. The largest absolute Gasteiger partial charge is 0.473 e. The van der Waals surface area contributed by atoms with E-state index in [-0.39, 0.29) is 0 Å². The van der Waals surface area contributed by atoms with Gasteiger partial charge in [0.05, 0.1) is 0 Å². The molecular formula is C31H22O. The monoisotopic (exact) mass is 410 g/mol. The molecule has 0 N–H and O–H groups in total. The molecule has 0 saturated heterocycles. The first-order valence-electron chi connectivity index (χ1n) is 10.9. The summed E-state index contributed by atoms with van der Waals surface area (Å²) in [6.45, 7) is 0. The lowest BCUT2D eigenvalue weighted by Crippen LogP contribution is -2.34. The first kappa shape index (κ1) is 18.7. The Morgan fingerprint density at radius 2 is 1.09 bits per heavy atom. The van der Waals surface area contributed by atoms with Crippen LogP contribution in [0.2, 0.25) is 0 Å². The summed E-state index contributed by atoms with van der Waals surface area (Å²) in [6, 6.07) is 42.5. The number of hydrogen-bond acceptors (Lipinski definition) is 1. The third-order valence-electron chi connectivity index (χ3n) is 6.27. The van der Waals surface area contributed by atoms with Crippen LogP contribution in [-0.4, -0.2) is 0 Å². The van der Waals surface area contributed by atoms with Gasteiger partial charge >= 0.3 is 0 Å². The molecule has 0 fully saturated rings. The molecule has 0 spiro atoms. The topological polar surface area (TPSA) is 9.23 Å². The Kier molecular flexibility index (Phi) is 4.40. The van der Waals surface area contributed by atoms with Crippen LogP contribution in [0.5, 0.6) is 5.75 Å². The minimum Gasteiger partial charge on any atom is -0.473 e. The van der Waals surface area contributed by atoms with Gasteiger partial charge in [-0.25, -0.2) is 0 Å². The van der Waals surface area contributed by atoms with Crippen molar-refractivity contribution in [1.82, 2.24) is 0 Å². The van der Waals surface area contributed by atoms with Gasteiger partial charge < -0.3 is 4.74 Å². The van der Waals surface area contributed by atoms with Gasteiger partial charge in [-0.2, -0.15) is 0 Å². The van der Waals surface area contributed by atoms with Crippen LogP contribution in [0.1, 0.15) is 16.7 Å². The van der Waals surface area contributed by atoms with E-state index in [4.69, 9.17) is 4.74 Å². The highest BCUT2D eigenvalue weighted by atomic mass is 16.5. The lowest BCUT2D eigenvalue weighted by atomic mass is 9.83. The minimum atomic E-state index is -0.655. The molecule has 1 aliphatic rings. The van der Waals surface area contributed by atoms with Crippen molar-refractivity contribution in [3.63, 3.8) is 0 Å². The third-order valence-corrected chi connectivity index (χ3v) is 6.27. The molecule has 1 nitrogen and oxygen atoms in total. The maximum absolute atomic E-state index is 6.85. The van der Waals surface area contributed by atoms with Crippen molar-refractivity contribution in [2.75, 3.05) is 0 Å². The van der Waals surface area contributed by atoms with E-state index in [1.54, 1.807) is 0 Å². The fourth-order valence-corrected chi connectivity index (χ4v) is 4.57. The summed E-state index contributed by atoms with van der Waals surface area (Å²) in [5.74, 6) is 0.894. The zero-order chi connectivity index (χ0) is 21.4. The normalized spacial score (nSPS) is 14.0. The van der Waals surface area contributed by atoms with Gasteiger partial charge in [0.15, 0.2) is 5.60 Å². The summed E-state index contributed by atoms with van der Waals surface area (Å²) in [7, 11) is 0. The van der Waals surface area contributed by atoms with Gasteiger partial charge in [-0.15, -0.1) is 0 Å². The SMILES string of the molecule is C1=CC(c2ccccc2)(c2ccccc2)Oc2cc(-c3ccc4ccccc4c3)ccc21. The molecule has 152 valence electrons. The molecule has 0 saturated carbocycles. The standard InChI is InChI=1S/C31H22O/c1-3-11-28(12-4-1)31(29-13-5-2-6-14-29)20-19-24-16-18-27(22-30(24)32-31)26-17-15-23-9-7-8-10-25(23)21-26/h1-22H. The molecule has 0 amide bonds. The van der Waals surface area contributed by atoms with E-state index in [1.807, 2.05) is 12.1 Å². The van der Waals surface area contributed by atoms with Crippen LogP contribution in [0, 0.1) is 0 Å². The third kappa shape index (κ3) is 3.11. The van der Waals surface area contributed by atoms with Crippen LogP contribution >= 0.6 is 0 Å². The molecule has 1 aliphatic heterocycles. The average Bonchev–Trinajstić information content (AvgIpc) is 2.88. The molecule has 1 heteroatoms. The highest BCUT2D eigenvalue weighted by Gasteiger charge is 2.36. The molecule has 5 aromatic carbocycles. The Morgan fingerprint density at radius 1 is 0.500 bits per heavy atom. The number of benzene rings is 5. The van der Waals surface area contributed by atoms with E-state index in [0.29, 0.717) is 0 Å². The quantitative estimate of drug-likeness (QED) is 0.294. The molecule has 0 aliphatic carbocycles. The second-order valence-corrected chi connectivity index (χ2v) is 8.22. The zero-order valence-electron chi connectivity index (χ0n) is 17.6. The van der Waals surface area contributed by atoms with Crippen LogP contribution in [0.15, 0.2) is 127 Å². The molecule has 0 radical (unpaired) electrons. The van der Waals surface area contributed by atoms with Crippen molar-refractivity contribution >= 4 is 16.8 Å². The van der Waals surface area contributed by atoms with E-state index in [9.17, 15) is 0 Å². The molecule has 0 unspecified atom stereocenters. The fraction of sp³-hybridized carbons (Fsp3) is 0.0323. The molecule has 5 aromatic rings. The minimum absolute atomic E-state index is 0.655. The Balaban J connectivity index is 1.47. The summed E-state index contributed by atoms with van der Waals surface area (Å²) in [4.78, 5) is 0. The van der Waals surface area contributed by atoms with Gasteiger partial charge in [-0.05, 0) is 40.1 Å². The summed E-state index contributed by atoms with van der Waals surface area (Å²) in [5, 5.41) is 2.49. The summed E-state index contributed by atoms with van der Waals surface area (Å²) >= 11 is 0. The van der Waals surface area contributed by atoms with E-state index in [1.165, 1.54) is 16.3 Å². The van der Waals surface area contributed by atoms with Crippen LogP contribution < -0.4 is 4.74 Å². The van der Waals surface area contributed by atoms with E-state index in [2.05, 4.69) is 121 Å². The molecule has 0 bridgehead atoms. The lowest BCUT2D eigenvalue weighted by molar-refractivity contribution is 0.161. The number of rotatable bonds is 3. The second kappa shape index (κ2) is 7.55. The van der Waals surface area contributed by atoms with Crippen LogP contribution in [0.4, 0.5) is 0 Å². The van der Waals surface area contributed by atoms with Crippen molar-refractivity contribution in [2.24, 2.45) is 0 Å². The Morgan fingerprint density at radius 3 is 1.81 bits per heavy atom. The van der Waals surface area contributed by atoms with E-state index in [0.717, 1.165) is 28.0 Å². The maximum Gasteiger partial charge on any atom is 0.178 e. The average molecular weight is 411 g/mol. The van der Waals surface area contributed by atoms with Crippen LogP contribution in [-0.2, 0) is 5.60 Å². The van der Waals surface area contributed by atoms with Gasteiger partial charge in [-0.1, -0.05) is 115 Å². The Bertz CT molecular complexity index is 1390. The number of ether oxygens (including phenoxy) is 1. The first-order chi connectivity index (χ1) is 15.8. The van der Waals surface area contributed by atoms with Gasteiger partial charge in [-0.3, -0.25) is 0 Å². The van der Waals surface area contributed by atoms with Crippen LogP contribution in [0.3, 0.4) is 0 Å². The molecule has 0 aromatic heterocycles. The van der Waals surface area contributed by atoms with Gasteiger partial charge in [0.2, 0.25) is 0 Å². The molecule has 0 atom stereocenters. The van der Waals surface area contributed by atoms with E-state index >= 15 is 0 Å². The maximum atomic E-state index is 6.85. The number of hydrogen-bond donors (Lipinski definition) is 0. The Labute approximate surface area is 188 Å². The first-order valence-corrected chi connectivity index (χ1v) is 10.9. The van der Waals surface area contributed by atoms with Crippen LogP contribution in [0.25, 0.3) is 28.0 Å². The van der Waals surface area contributed by atoms with Gasteiger partial charge in [0, 0.05) is 16.7 Å². The van der Waals surface area contributed by atoms with Crippen molar-refractivity contribution in [1.29, 1.82) is 0 Å². The van der Waals surface area contributed by atoms with Crippen molar-refractivity contribution in [2.45, 2.75) is 5.60 Å². The van der Waals surface area contributed by atoms with Crippen molar-refractivity contribution in [3.8, 4) is 16.9 Å². The predicted octanol–water partition coefficient (Wildman–Crippen LogP) is 7.86. The molecule has 1 heterocycles. The number of fused-ring (bicyclic) bond motifs is 2. The smallest absolute Gasteiger partial charge is 0.178 e. The highest BCUT2D eigenvalue weighted by Crippen LogP contribution is 2.43. The highest BCUT2D eigenvalue weighted by molar-refractivity contribution is 5.87. The van der Waals surface area contributed by atoms with Gasteiger partial charge in [0.25, 0.3) is 0 Å². The molecular weight excluding hydrogens is 388 g/mol.